The summed E-state index contributed by atoms with van der Waals surface area (Å²) >= 11 is 0. The van der Waals surface area contributed by atoms with Crippen LogP contribution in [0.3, 0.4) is 0 Å². The SMILES string of the molecule is CNC(=O)c1ccc(N(C)C(=O)c2ccc(NC3(C(=O)Nc4cnc(C#N)c(C(F)(F)F)c4)CCC3)cc2F)cc1F. The number of benzene rings is 2. The molecule has 3 aromatic rings. The van der Waals surface area contributed by atoms with E-state index in [0.29, 0.717) is 12.5 Å². The fraction of sp³-hybridized carbons (Fsp3) is 0.250. The minimum Gasteiger partial charge on any atom is -0.371 e. The third-order valence-electron chi connectivity index (χ3n) is 6.90. The van der Waals surface area contributed by atoms with Gasteiger partial charge in [0.05, 0.1) is 28.6 Å². The fourth-order valence-corrected chi connectivity index (χ4v) is 4.40. The highest BCUT2D eigenvalue weighted by atomic mass is 19.4. The van der Waals surface area contributed by atoms with E-state index in [4.69, 9.17) is 5.26 Å². The van der Waals surface area contributed by atoms with Gasteiger partial charge in [-0.05, 0) is 61.7 Å². The van der Waals surface area contributed by atoms with Crippen molar-refractivity contribution < 1.29 is 36.3 Å². The Kier molecular flexibility index (Phi) is 8.14. The molecule has 3 amide bonds. The lowest BCUT2D eigenvalue weighted by Gasteiger charge is -2.41. The Morgan fingerprint density at radius 1 is 1.00 bits per heavy atom. The van der Waals surface area contributed by atoms with Gasteiger partial charge in [-0.3, -0.25) is 14.4 Å². The van der Waals surface area contributed by atoms with Gasteiger partial charge in [0, 0.05) is 25.5 Å². The molecular formula is C28H23F5N6O3. The minimum absolute atomic E-state index is 0.0721. The van der Waals surface area contributed by atoms with Gasteiger partial charge in [0.25, 0.3) is 11.8 Å². The molecule has 0 atom stereocenters. The molecule has 0 radical (unpaired) electrons. The number of alkyl halides is 3. The van der Waals surface area contributed by atoms with E-state index in [0.717, 1.165) is 23.2 Å². The summed E-state index contributed by atoms with van der Waals surface area (Å²) in [5, 5.41) is 16.5. The van der Waals surface area contributed by atoms with Crippen LogP contribution >= 0.6 is 0 Å². The zero-order chi connectivity index (χ0) is 30.8. The first-order valence-electron chi connectivity index (χ1n) is 12.5. The molecule has 42 heavy (non-hydrogen) atoms. The third kappa shape index (κ3) is 5.85. The van der Waals surface area contributed by atoms with Crippen molar-refractivity contribution in [3.63, 3.8) is 0 Å². The highest BCUT2D eigenvalue weighted by Gasteiger charge is 2.45. The van der Waals surface area contributed by atoms with E-state index in [9.17, 15) is 31.9 Å². The predicted octanol–water partition coefficient (Wildman–Crippen LogP) is 4.86. The van der Waals surface area contributed by atoms with Gasteiger partial charge in [0.1, 0.15) is 23.2 Å². The van der Waals surface area contributed by atoms with Gasteiger partial charge in [-0.15, -0.1) is 0 Å². The molecule has 0 bridgehead atoms. The monoisotopic (exact) mass is 586 g/mol. The molecule has 218 valence electrons. The van der Waals surface area contributed by atoms with Crippen LogP contribution in [0.25, 0.3) is 0 Å². The number of nitriles is 1. The number of carbonyl (C=O) groups excluding carboxylic acids is 3. The third-order valence-corrected chi connectivity index (χ3v) is 6.90. The van der Waals surface area contributed by atoms with Gasteiger partial charge in [-0.25, -0.2) is 13.8 Å². The van der Waals surface area contributed by atoms with Crippen LogP contribution in [0.1, 0.15) is 51.2 Å². The lowest BCUT2D eigenvalue weighted by atomic mass is 9.75. The zero-order valence-corrected chi connectivity index (χ0v) is 22.2. The largest absolute Gasteiger partial charge is 0.419 e. The van der Waals surface area contributed by atoms with Crippen molar-refractivity contribution in [1.82, 2.24) is 10.3 Å². The molecule has 4 rings (SSSR count). The van der Waals surface area contributed by atoms with Crippen molar-refractivity contribution in [2.45, 2.75) is 31.0 Å². The van der Waals surface area contributed by atoms with E-state index >= 15 is 4.39 Å². The van der Waals surface area contributed by atoms with Gasteiger partial charge < -0.3 is 20.9 Å². The molecule has 2 aromatic carbocycles. The van der Waals surface area contributed by atoms with Crippen LogP contribution < -0.4 is 20.9 Å². The van der Waals surface area contributed by atoms with E-state index in [2.05, 4.69) is 20.9 Å². The van der Waals surface area contributed by atoms with Crippen molar-refractivity contribution in [2.75, 3.05) is 29.6 Å². The topological polar surface area (TPSA) is 127 Å². The highest BCUT2D eigenvalue weighted by molar-refractivity contribution is 6.06. The van der Waals surface area contributed by atoms with Crippen molar-refractivity contribution in [3.8, 4) is 6.07 Å². The summed E-state index contributed by atoms with van der Waals surface area (Å²) in [5.41, 5.74) is -4.04. The van der Waals surface area contributed by atoms with E-state index in [1.165, 1.54) is 44.4 Å². The molecule has 1 aromatic heterocycles. The molecule has 1 heterocycles. The average molecular weight is 587 g/mol. The Morgan fingerprint density at radius 3 is 2.21 bits per heavy atom. The second-order valence-corrected chi connectivity index (χ2v) is 9.55. The van der Waals surface area contributed by atoms with Crippen LogP contribution in [0.4, 0.5) is 39.0 Å². The van der Waals surface area contributed by atoms with E-state index in [-0.39, 0.29) is 41.0 Å². The maximum atomic E-state index is 15.1. The molecule has 0 spiro atoms. The van der Waals surface area contributed by atoms with Gasteiger partial charge in [-0.2, -0.15) is 18.4 Å². The molecule has 0 unspecified atom stereocenters. The fourth-order valence-electron chi connectivity index (χ4n) is 4.40. The van der Waals surface area contributed by atoms with Crippen LogP contribution in [-0.4, -0.2) is 42.3 Å². The molecule has 14 heteroatoms. The maximum Gasteiger partial charge on any atom is 0.419 e. The van der Waals surface area contributed by atoms with Crippen molar-refractivity contribution in [3.05, 3.63) is 82.7 Å². The number of hydrogen-bond donors (Lipinski definition) is 3. The van der Waals surface area contributed by atoms with Crippen molar-refractivity contribution in [1.29, 1.82) is 5.26 Å². The smallest absolute Gasteiger partial charge is 0.371 e. The number of nitrogens with zero attached hydrogens (tertiary/aromatic N) is 3. The molecule has 9 nitrogen and oxygen atoms in total. The summed E-state index contributed by atoms with van der Waals surface area (Å²) in [6.07, 6.45) is -2.74. The van der Waals surface area contributed by atoms with Crippen LogP contribution in [0, 0.1) is 23.0 Å². The molecular weight excluding hydrogens is 563 g/mol. The van der Waals surface area contributed by atoms with Crippen LogP contribution in [0.2, 0.25) is 0 Å². The second-order valence-electron chi connectivity index (χ2n) is 9.55. The quantitative estimate of drug-likeness (QED) is 0.340. The average Bonchev–Trinajstić information content (AvgIpc) is 2.93. The Balaban J connectivity index is 1.50. The Labute approximate surface area is 236 Å². The zero-order valence-electron chi connectivity index (χ0n) is 22.2. The first kappa shape index (κ1) is 29.9. The summed E-state index contributed by atoms with van der Waals surface area (Å²) in [6, 6.07) is 9.00. The number of anilines is 3. The van der Waals surface area contributed by atoms with E-state index in [1.807, 2.05) is 0 Å². The molecule has 0 aliphatic heterocycles. The first-order valence-corrected chi connectivity index (χ1v) is 12.5. The van der Waals surface area contributed by atoms with Gasteiger partial charge in [0.15, 0.2) is 5.69 Å². The number of hydrogen-bond acceptors (Lipinski definition) is 6. The number of aromatic nitrogens is 1. The minimum atomic E-state index is -4.86. The first-order chi connectivity index (χ1) is 19.8. The number of carbonyl (C=O) groups is 3. The summed E-state index contributed by atoms with van der Waals surface area (Å²) in [4.78, 5) is 42.3. The Bertz CT molecular complexity index is 1610. The van der Waals surface area contributed by atoms with Gasteiger partial charge in [-0.1, -0.05) is 0 Å². The van der Waals surface area contributed by atoms with Gasteiger partial charge >= 0.3 is 6.18 Å². The normalized spacial score (nSPS) is 13.8. The summed E-state index contributed by atoms with van der Waals surface area (Å²) in [7, 11) is 2.64. The standard InChI is InChI=1S/C28H23F5N6O3/c1-35-24(40)18-7-5-17(12-22(18)30)39(2)25(41)19-6-4-15(11-21(19)29)38-27(8-3-9-27)26(42)37-16-10-20(28(31,32)33)23(13-34)36-14-16/h4-7,10-12,14,38H,3,8-9H2,1-2H3,(H,35,40)(H,37,42). The van der Waals surface area contributed by atoms with E-state index in [1.54, 1.807) is 0 Å². The maximum absolute atomic E-state index is 15.1. The summed E-state index contributed by atoms with van der Waals surface area (Å²) < 4.78 is 69.3. The lowest BCUT2D eigenvalue weighted by Crippen LogP contribution is -2.54. The predicted molar refractivity (Wildman–Crippen MR) is 142 cm³/mol. The molecule has 1 fully saturated rings. The number of pyridine rings is 1. The Hall–Kier alpha value is -5.06. The molecule has 1 saturated carbocycles. The number of halogens is 5. The second kappa shape index (κ2) is 11.4. The van der Waals surface area contributed by atoms with Crippen LogP contribution in [0.5, 0.6) is 0 Å². The molecule has 1 aliphatic rings. The van der Waals surface area contributed by atoms with Crippen LogP contribution in [-0.2, 0) is 11.0 Å². The molecule has 0 saturated heterocycles. The number of rotatable bonds is 7. The highest BCUT2D eigenvalue weighted by Crippen LogP contribution is 2.38. The number of nitrogens with one attached hydrogen (secondary N) is 3. The summed E-state index contributed by atoms with van der Waals surface area (Å²) in [6.45, 7) is 0. The van der Waals surface area contributed by atoms with Crippen molar-refractivity contribution in [2.24, 2.45) is 0 Å². The summed E-state index contributed by atoms with van der Waals surface area (Å²) in [5.74, 6) is -3.96. The Morgan fingerprint density at radius 2 is 1.67 bits per heavy atom. The lowest BCUT2D eigenvalue weighted by molar-refractivity contribution is -0.138. The molecule has 3 N–H and O–H groups in total. The number of amides is 3. The van der Waals surface area contributed by atoms with E-state index < -0.39 is 52.3 Å². The molecule has 1 aliphatic carbocycles. The van der Waals surface area contributed by atoms with Gasteiger partial charge in [0.2, 0.25) is 5.91 Å². The van der Waals surface area contributed by atoms with Crippen molar-refractivity contribution >= 4 is 34.8 Å². The van der Waals surface area contributed by atoms with Crippen LogP contribution in [0.15, 0.2) is 48.7 Å².